The number of aromatic hydroxyl groups is 1. The molecule has 2 aromatic heterocycles. The average molecular weight is 457 g/mol. The number of phenolic OH excluding ortho intramolecular Hbond substituents is 1. The van der Waals surface area contributed by atoms with Crippen LogP contribution in [0.3, 0.4) is 0 Å². The molecule has 1 fully saturated rings. The molecule has 0 bridgehead atoms. The summed E-state index contributed by atoms with van der Waals surface area (Å²) < 4.78 is 0. The number of fused-ring (bicyclic) bond motifs is 1. The van der Waals surface area contributed by atoms with Crippen LogP contribution in [-0.2, 0) is 0 Å². The second-order valence-corrected chi connectivity index (χ2v) is 7.88. The van der Waals surface area contributed by atoms with E-state index in [1.165, 1.54) is 11.3 Å². The summed E-state index contributed by atoms with van der Waals surface area (Å²) in [5, 5.41) is 18.7. The summed E-state index contributed by atoms with van der Waals surface area (Å²) in [5.74, 6) is 1.10. The molecule has 1 aliphatic heterocycles. The van der Waals surface area contributed by atoms with Crippen LogP contribution in [0, 0.1) is 6.92 Å². The summed E-state index contributed by atoms with van der Waals surface area (Å²) in [6, 6.07) is 13.1. The summed E-state index contributed by atoms with van der Waals surface area (Å²) in [6.45, 7) is 5.52. The number of halogens is 2. The Bertz CT molecular complexity index is 1200. The quantitative estimate of drug-likeness (QED) is 0.474. The van der Waals surface area contributed by atoms with Crippen LogP contribution < -0.4 is 9.80 Å². The van der Waals surface area contributed by atoms with Gasteiger partial charge in [0.15, 0.2) is 5.65 Å². The van der Waals surface area contributed by atoms with E-state index < -0.39 is 0 Å². The number of aryl methyl sites for hydroxylation is 1. The Hall–Kier alpha value is -3.03. The SMILES string of the molecule is Cc1ccc(Cl)cc1N1CCN(c2ncnc3n[nH]c(-c4ccc(O)cc4)c23)CC1.Cl. The molecular weight excluding hydrogens is 435 g/mol. The molecule has 0 aliphatic carbocycles. The van der Waals surface area contributed by atoms with Crippen LogP contribution >= 0.6 is 24.0 Å². The number of nitrogens with one attached hydrogen (secondary N) is 1. The van der Waals surface area contributed by atoms with Crippen LogP contribution in [0.1, 0.15) is 5.56 Å². The van der Waals surface area contributed by atoms with Crippen molar-refractivity contribution < 1.29 is 5.11 Å². The molecule has 160 valence electrons. The summed E-state index contributed by atoms with van der Waals surface area (Å²) in [5.41, 5.74) is 4.83. The largest absolute Gasteiger partial charge is 0.508 e. The number of hydrogen-bond acceptors (Lipinski definition) is 6. The Morgan fingerprint density at radius 3 is 2.42 bits per heavy atom. The first-order valence-corrected chi connectivity index (χ1v) is 10.2. The predicted octanol–water partition coefficient (Wildman–Crippen LogP) is 4.44. The molecule has 7 nitrogen and oxygen atoms in total. The van der Waals surface area contributed by atoms with Gasteiger partial charge in [0.05, 0.1) is 11.1 Å². The smallest absolute Gasteiger partial charge is 0.186 e. The van der Waals surface area contributed by atoms with E-state index in [-0.39, 0.29) is 18.2 Å². The summed E-state index contributed by atoms with van der Waals surface area (Å²) in [6.07, 6.45) is 1.56. The van der Waals surface area contributed by atoms with E-state index in [0.717, 1.165) is 53.7 Å². The number of piperazine rings is 1. The molecule has 0 atom stereocenters. The first-order valence-electron chi connectivity index (χ1n) is 9.84. The van der Waals surface area contributed by atoms with Gasteiger partial charge in [0.25, 0.3) is 0 Å². The van der Waals surface area contributed by atoms with Crippen molar-refractivity contribution in [2.45, 2.75) is 6.92 Å². The zero-order valence-corrected chi connectivity index (χ0v) is 18.5. The van der Waals surface area contributed by atoms with E-state index in [2.05, 4.69) is 43.0 Å². The molecular formula is C22H22Cl2N6O. The minimum Gasteiger partial charge on any atom is -0.508 e. The highest BCUT2D eigenvalue weighted by Gasteiger charge is 2.24. The molecule has 3 heterocycles. The third kappa shape index (κ3) is 3.98. The monoisotopic (exact) mass is 456 g/mol. The average Bonchev–Trinajstić information content (AvgIpc) is 3.20. The molecule has 1 saturated heterocycles. The highest BCUT2D eigenvalue weighted by atomic mass is 35.5. The van der Waals surface area contributed by atoms with Crippen molar-refractivity contribution in [3.8, 4) is 17.0 Å². The fourth-order valence-electron chi connectivity index (χ4n) is 4.00. The zero-order valence-electron chi connectivity index (χ0n) is 16.9. The van der Waals surface area contributed by atoms with Crippen LogP contribution in [0.5, 0.6) is 5.75 Å². The molecule has 0 amide bonds. The zero-order chi connectivity index (χ0) is 20.7. The predicted molar refractivity (Wildman–Crippen MR) is 127 cm³/mol. The van der Waals surface area contributed by atoms with E-state index in [9.17, 15) is 5.11 Å². The second kappa shape index (κ2) is 8.61. The molecule has 9 heteroatoms. The molecule has 1 aliphatic rings. The van der Waals surface area contributed by atoms with Crippen LogP contribution in [0.25, 0.3) is 22.3 Å². The minimum absolute atomic E-state index is 0. The molecule has 0 unspecified atom stereocenters. The van der Waals surface area contributed by atoms with Gasteiger partial charge in [-0.3, -0.25) is 5.10 Å². The minimum atomic E-state index is 0. The number of aromatic nitrogens is 4. The lowest BCUT2D eigenvalue weighted by Gasteiger charge is -2.37. The van der Waals surface area contributed by atoms with E-state index in [4.69, 9.17) is 11.6 Å². The van der Waals surface area contributed by atoms with Crippen molar-refractivity contribution >= 4 is 46.5 Å². The first-order chi connectivity index (χ1) is 14.6. The number of anilines is 2. The maximum Gasteiger partial charge on any atom is 0.186 e. The third-order valence-electron chi connectivity index (χ3n) is 5.58. The molecule has 0 spiro atoms. The van der Waals surface area contributed by atoms with E-state index in [1.54, 1.807) is 18.5 Å². The Kier molecular flexibility index (Phi) is 5.89. The van der Waals surface area contributed by atoms with Crippen molar-refractivity contribution in [3.05, 3.63) is 59.4 Å². The molecule has 0 saturated carbocycles. The van der Waals surface area contributed by atoms with Gasteiger partial charge in [-0.15, -0.1) is 12.4 Å². The van der Waals surface area contributed by atoms with Gasteiger partial charge in [-0.2, -0.15) is 5.10 Å². The third-order valence-corrected chi connectivity index (χ3v) is 5.81. The summed E-state index contributed by atoms with van der Waals surface area (Å²) in [7, 11) is 0. The number of aromatic amines is 1. The van der Waals surface area contributed by atoms with Crippen LogP contribution in [0.2, 0.25) is 5.02 Å². The maximum atomic E-state index is 9.61. The fraction of sp³-hybridized carbons (Fsp3) is 0.227. The van der Waals surface area contributed by atoms with Crippen molar-refractivity contribution in [1.29, 1.82) is 0 Å². The normalized spacial score (nSPS) is 14.0. The molecule has 5 rings (SSSR count). The number of rotatable bonds is 3. The Morgan fingerprint density at radius 1 is 0.968 bits per heavy atom. The highest BCUT2D eigenvalue weighted by Crippen LogP contribution is 2.33. The first kappa shape index (κ1) is 21.2. The van der Waals surface area contributed by atoms with Crippen molar-refractivity contribution in [2.24, 2.45) is 0 Å². The number of phenols is 1. The van der Waals surface area contributed by atoms with Gasteiger partial charge >= 0.3 is 0 Å². The number of benzene rings is 2. The van der Waals surface area contributed by atoms with Crippen LogP contribution in [0.4, 0.5) is 11.5 Å². The molecule has 2 aromatic carbocycles. The lowest BCUT2D eigenvalue weighted by molar-refractivity contribution is 0.475. The Balaban J connectivity index is 0.00000231. The number of hydrogen-bond donors (Lipinski definition) is 2. The molecule has 31 heavy (non-hydrogen) atoms. The van der Waals surface area contributed by atoms with Crippen molar-refractivity contribution in [3.63, 3.8) is 0 Å². The summed E-state index contributed by atoms with van der Waals surface area (Å²) in [4.78, 5) is 13.6. The number of nitrogens with zero attached hydrogens (tertiary/aromatic N) is 5. The van der Waals surface area contributed by atoms with Gasteiger partial charge in [-0.25, -0.2) is 9.97 Å². The molecule has 2 N–H and O–H groups in total. The lowest BCUT2D eigenvalue weighted by atomic mass is 10.1. The second-order valence-electron chi connectivity index (χ2n) is 7.45. The molecule has 4 aromatic rings. The van der Waals surface area contributed by atoms with E-state index in [0.29, 0.717) is 5.65 Å². The van der Waals surface area contributed by atoms with Crippen molar-refractivity contribution in [2.75, 3.05) is 36.0 Å². The van der Waals surface area contributed by atoms with Crippen molar-refractivity contribution in [1.82, 2.24) is 20.2 Å². The van der Waals surface area contributed by atoms with E-state index in [1.807, 2.05) is 24.3 Å². The Morgan fingerprint density at radius 2 is 1.68 bits per heavy atom. The van der Waals surface area contributed by atoms with Gasteiger partial charge < -0.3 is 14.9 Å². The van der Waals surface area contributed by atoms with Gasteiger partial charge in [0.2, 0.25) is 0 Å². The van der Waals surface area contributed by atoms with E-state index >= 15 is 0 Å². The van der Waals surface area contributed by atoms with Gasteiger partial charge in [-0.1, -0.05) is 17.7 Å². The highest BCUT2D eigenvalue weighted by molar-refractivity contribution is 6.30. The molecule has 0 radical (unpaired) electrons. The standard InChI is InChI=1S/C22H21ClN6O.ClH/c1-14-2-5-16(23)12-18(14)28-8-10-29(11-9-28)22-19-20(15-3-6-17(30)7-4-15)26-27-21(19)24-13-25-22;/h2-7,12-13,30H,8-11H2,1H3,(H,24,25,26,27);1H. The summed E-state index contributed by atoms with van der Waals surface area (Å²) >= 11 is 6.22. The maximum absolute atomic E-state index is 9.61. The Labute approximate surface area is 191 Å². The lowest BCUT2D eigenvalue weighted by Crippen LogP contribution is -2.47. The topological polar surface area (TPSA) is 81.2 Å². The number of H-pyrrole nitrogens is 1. The van der Waals surface area contributed by atoms with Crippen LogP contribution in [0.15, 0.2) is 48.8 Å². The van der Waals surface area contributed by atoms with Gasteiger partial charge in [0, 0.05) is 42.5 Å². The van der Waals surface area contributed by atoms with Gasteiger partial charge in [-0.05, 0) is 48.9 Å². The van der Waals surface area contributed by atoms with Crippen LogP contribution in [-0.4, -0.2) is 51.5 Å². The fourth-order valence-corrected chi connectivity index (χ4v) is 4.17. The van der Waals surface area contributed by atoms with Gasteiger partial charge in [0.1, 0.15) is 17.9 Å².